The third kappa shape index (κ3) is 6.29. The molecule has 0 bridgehead atoms. The van der Waals surface area contributed by atoms with Crippen molar-refractivity contribution in [2.45, 2.75) is 51.2 Å². The highest BCUT2D eigenvalue weighted by Gasteiger charge is 2.22. The molecule has 1 atom stereocenters. The first-order valence-corrected chi connectivity index (χ1v) is 11.5. The molecule has 32 heavy (non-hydrogen) atoms. The molecule has 172 valence electrons. The smallest absolute Gasteiger partial charge is 0.249 e. The van der Waals surface area contributed by atoms with E-state index < -0.39 is 0 Å². The van der Waals surface area contributed by atoms with Gasteiger partial charge in [-0.15, -0.1) is 13.2 Å². The summed E-state index contributed by atoms with van der Waals surface area (Å²) in [5.74, 6) is 0.942. The van der Waals surface area contributed by atoms with Crippen LogP contribution < -0.4 is 5.32 Å². The lowest BCUT2D eigenvalue weighted by Crippen LogP contribution is -2.34. The summed E-state index contributed by atoms with van der Waals surface area (Å²) in [6, 6.07) is 7.91. The maximum Gasteiger partial charge on any atom is 0.249 e. The Kier molecular flexibility index (Phi) is 9.04. The van der Waals surface area contributed by atoms with Crippen LogP contribution >= 0.6 is 0 Å². The summed E-state index contributed by atoms with van der Waals surface area (Å²) in [5, 5.41) is 2.97. The van der Waals surface area contributed by atoms with Gasteiger partial charge < -0.3 is 19.5 Å². The van der Waals surface area contributed by atoms with E-state index in [2.05, 4.69) is 18.5 Å². The van der Waals surface area contributed by atoms with Crippen LogP contribution in [-0.4, -0.2) is 58.6 Å². The topological polar surface area (TPSA) is 76.5 Å². The van der Waals surface area contributed by atoms with E-state index in [1.807, 2.05) is 28.8 Å². The lowest BCUT2D eigenvalue weighted by molar-refractivity contribution is -0.131. The van der Waals surface area contributed by atoms with Crippen LogP contribution in [0.3, 0.4) is 0 Å². The largest absolute Gasteiger partial charge is 0.368 e. The summed E-state index contributed by atoms with van der Waals surface area (Å²) >= 11 is 0. The number of para-hydroxylation sites is 2. The fraction of sp³-hybridized carbons (Fsp3) is 0.480. The van der Waals surface area contributed by atoms with Gasteiger partial charge >= 0.3 is 0 Å². The van der Waals surface area contributed by atoms with E-state index in [0.29, 0.717) is 26.2 Å². The fourth-order valence-electron chi connectivity index (χ4n) is 4.01. The van der Waals surface area contributed by atoms with Crippen LogP contribution in [0, 0.1) is 0 Å². The summed E-state index contributed by atoms with van der Waals surface area (Å²) in [5.41, 5.74) is 1.87. The SMILES string of the molecule is C=CCN(CC=C)C(=O)Cn1c(CCCCCNC(=O)C2CCCO2)nc2ccccc21. The molecule has 1 fully saturated rings. The van der Waals surface area contributed by atoms with Gasteiger partial charge in [-0.1, -0.05) is 30.7 Å². The number of hydrogen-bond donors (Lipinski definition) is 1. The predicted octanol–water partition coefficient (Wildman–Crippen LogP) is 3.24. The maximum atomic E-state index is 12.9. The van der Waals surface area contributed by atoms with Gasteiger partial charge in [0, 0.05) is 32.7 Å². The number of amides is 2. The number of hydrogen-bond acceptors (Lipinski definition) is 4. The van der Waals surface area contributed by atoms with Crippen LogP contribution in [0.4, 0.5) is 0 Å². The van der Waals surface area contributed by atoms with E-state index in [0.717, 1.165) is 55.4 Å². The second-order valence-corrected chi connectivity index (χ2v) is 8.08. The van der Waals surface area contributed by atoms with E-state index in [1.165, 1.54) is 0 Å². The van der Waals surface area contributed by atoms with Crippen molar-refractivity contribution in [1.29, 1.82) is 0 Å². The number of aryl methyl sites for hydroxylation is 1. The van der Waals surface area contributed by atoms with E-state index in [1.54, 1.807) is 17.1 Å². The molecule has 1 aliphatic heterocycles. The van der Waals surface area contributed by atoms with E-state index >= 15 is 0 Å². The van der Waals surface area contributed by atoms with Crippen molar-refractivity contribution in [3.8, 4) is 0 Å². The molecule has 0 aliphatic carbocycles. The Labute approximate surface area is 190 Å². The third-order valence-corrected chi connectivity index (χ3v) is 5.68. The molecule has 0 radical (unpaired) electrons. The monoisotopic (exact) mass is 438 g/mol. The van der Waals surface area contributed by atoms with Crippen molar-refractivity contribution >= 4 is 22.8 Å². The van der Waals surface area contributed by atoms with Crippen molar-refractivity contribution < 1.29 is 14.3 Å². The van der Waals surface area contributed by atoms with Crippen LogP contribution in [0.2, 0.25) is 0 Å². The molecule has 2 heterocycles. The van der Waals surface area contributed by atoms with Crippen molar-refractivity contribution in [2.75, 3.05) is 26.2 Å². The maximum absolute atomic E-state index is 12.9. The number of nitrogens with one attached hydrogen (secondary N) is 1. The van der Waals surface area contributed by atoms with Gasteiger partial charge in [0.2, 0.25) is 11.8 Å². The number of carbonyl (C=O) groups excluding carboxylic acids is 2. The van der Waals surface area contributed by atoms with Crippen LogP contribution in [0.15, 0.2) is 49.6 Å². The average Bonchev–Trinajstić information content (AvgIpc) is 3.45. The minimum Gasteiger partial charge on any atom is -0.368 e. The standard InChI is InChI=1S/C25H34N4O3/c1-3-16-28(17-4-2)24(30)19-29-21-12-8-7-11-20(21)27-23(29)14-6-5-9-15-26-25(31)22-13-10-18-32-22/h3-4,7-8,11-12,22H,1-2,5-6,9-10,13-19H2,(H,26,31). The lowest BCUT2D eigenvalue weighted by Gasteiger charge is -2.20. The number of ether oxygens (including phenoxy) is 1. The van der Waals surface area contributed by atoms with Crippen molar-refractivity contribution in [3.05, 3.63) is 55.4 Å². The van der Waals surface area contributed by atoms with Gasteiger partial charge in [-0.2, -0.15) is 0 Å². The van der Waals surface area contributed by atoms with E-state index in [4.69, 9.17) is 9.72 Å². The highest BCUT2D eigenvalue weighted by atomic mass is 16.5. The first-order valence-electron chi connectivity index (χ1n) is 11.5. The van der Waals surface area contributed by atoms with Gasteiger partial charge in [0.25, 0.3) is 0 Å². The normalized spacial score (nSPS) is 15.6. The number of carbonyl (C=O) groups is 2. The summed E-state index contributed by atoms with van der Waals surface area (Å²) in [6.45, 7) is 10.1. The minimum absolute atomic E-state index is 0.00593. The zero-order chi connectivity index (χ0) is 22.8. The summed E-state index contributed by atoms with van der Waals surface area (Å²) in [7, 11) is 0. The van der Waals surface area contributed by atoms with Gasteiger partial charge in [-0.25, -0.2) is 4.98 Å². The van der Waals surface area contributed by atoms with Crippen LogP contribution in [0.25, 0.3) is 11.0 Å². The van der Waals surface area contributed by atoms with Crippen molar-refractivity contribution in [3.63, 3.8) is 0 Å². The zero-order valence-electron chi connectivity index (χ0n) is 18.8. The van der Waals surface area contributed by atoms with Crippen molar-refractivity contribution in [2.24, 2.45) is 0 Å². The Morgan fingerprint density at radius 2 is 1.97 bits per heavy atom. The Morgan fingerprint density at radius 3 is 2.69 bits per heavy atom. The van der Waals surface area contributed by atoms with Gasteiger partial charge in [0.1, 0.15) is 18.5 Å². The van der Waals surface area contributed by atoms with Gasteiger partial charge in [0.05, 0.1) is 11.0 Å². The first kappa shape index (κ1) is 23.7. The summed E-state index contributed by atoms with van der Waals surface area (Å²) in [4.78, 5) is 31.4. The molecule has 1 aromatic heterocycles. The summed E-state index contributed by atoms with van der Waals surface area (Å²) in [6.07, 6.45) is 8.57. The fourth-order valence-corrected chi connectivity index (χ4v) is 4.01. The number of unbranched alkanes of at least 4 members (excludes halogenated alkanes) is 2. The Morgan fingerprint density at radius 1 is 1.19 bits per heavy atom. The molecule has 1 aliphatic rings. The minimum atomic E-state index is -0.269. The molecular formula is C25H34N4O3. The number of benzene rings is 1. The third-order valence-electron chi connectivity index (χ3n) is 5.68. The second-order valence-electron chi connectivity index (χ2n) is 8.08. The van der Waals surface area contributed by atoms with Crippen LogP contribution in [0.1, 0.15) is 37.9 Å². The van der Waals surface area contributed by atoms with E-state index in [9.17, 15) is 9.59 Å². The molecule has 2 aromatic rings. The highest BCUT2D eigenvalue weighted by Crippen LogP contribution is 2.18. The zero-order valence-corrected chi connectivity index (χ0v) is 18.8. The van der Waals surface area contributed by atoms with Crippen LogP contribution in [0.5, 0.6) is 0 Å². The number of nitrogens with zero attached hydrogens (tertiary/aromatic N) is 3. The second kappa shape index (κ2) is 12.2. The molecule has 2 amide bonds. The number of fused-ring (bicyclic) bond motifs is 1. The van der Waals surface area contributed by atoms with Crippen molar-refractivity contribution in [1.82, 2.24) is 19.8 Å². The van der Waals surface area contributed by atoms with Gasteiger partial charge in [-0.3, -0.25) is 9.59 Å². The average molecular weight is 439 g/mol. The van der Waals surface area contributed by atoms with E-state index in [-0.39, 0.29) is 24.5 Å². The van der Waals surface area contributed by atoms with Gasteiger partial charge in [-0.05, 0) is 37.8 Å². The molecule has 1 N–H and O–H groups in total. The molecule has 1 aromatic carbocycles. The number of rotatable bonds is 13. The quantitative estimate of drug-likeness (QED) is 0.385. The molecular weight excluding hydrogens is 404 g/mol. The highest BCUT2D eigenvalue weighted by molar-refractivity contribution is 5.81. The molecule has 1 saturated heterocycles. The molecule has 7 nitrogen and oxygen atoms in total. The predicted molar refractivity (Wildman–Crippen MR) is 126 cm³/mol. The van der Waals surface area contributed by atoms with Gasteiger partial charge in [0.15, 0.2) is 0 Å². The first-order chi connectivity index (χ1) is 15.6. The Bertz CT molecular complexity index is 920. The molecule has 3 rings (SSSR count). The molecule has 0 spiro atoms. The Balaban J connectivity index is 1.55. The summed E-state index contributed by atoms with van der Waals surface area (Å²) < 4.78 is 7.43. The number of aromatic nitrogens is 2. The molecule has 0 saturated carbocycles. The lowest BCUT2D eigenvalue weighted by atomic mass is 10.1. The molecule has 7 heteroatoms. The van der Waals surface area contributed by atoms with Crippen LogP contribution in [-0.2, 0) is 27.3 Å². The number of imidazole rings is 1. The molecule has 1 unspecified atom stereocenters. The Hall–Kier alpha value is -2.93.